The molecule has 7 nitrogen and oxygen atoms in total. The zero-order valence-corrected chi connectivity index (χ0v) is 19.2. The molecule has 3 aromatic rings. The highest BCUT2D eigenvalue weighted by Gasteiger charge is 2.21. The average Bonchev–Trinajstić information content (AvgIpc) is 2.78. The molecule has 0 saturated carbocycles. The van der Waals surface area contributed by atoms with E-state index in [0.29, 0.717) is 22.5 Å². The van der Waals surface area contributed by atoms with E-state index in [1.54, 1.807) is 86.9 Å². The van der Waals surface area contributed by atoms with Gasteiger partial charge in [0, 0.05) is 38.0 Å². The number of rotatable bonds is 6. The number of nitrogens with zero attached hydrogens (tertiary/aromatic N) is 2. The number of anilines is 2. The number of sulfonamides is 1. The highest BCUT2D eigenvalue weighted by atomic mass is 32.2. The van der Waals surface area contributed by atoms with Gasteiger partial charge in [-0.1, -0.05) is 23.8 Å². The van der Waals surface area contributed by atoms with Gasteiger partial charge >= 0.3 is 0 Å². The van der Waals surface area contributed by atoms with E-state index >= 15 is 0 Å². The lowest BCUT2D eigenvalue weighted by Gasteiger charge is -2.20. The van der Waals surface area contributed by atoms with Gasteiger partial charge < -0.3 is 10.2 Å². The molecule has 0 heterocycles. The summed E-state index contributed by atoms with van der Waals surface area (Å²) in [6, 6.07) is 19.6. The number of nitrogens with one attached hydrogen (secondary N) is 1. The number of benzene rings is 3. The topological polar surface area (TPSA) is 86.8 Å². The highest BCUT2D eigenvalue weighted by molar-refractivity contribution is 7.92. The van der Waals surface area contributed by atoms with Crippen LogP contribution in [0.1, 0.15) is 26.3 Å². The SMILES string of the molecule is Cc1ccc(S(=O)(=O)N(C)c2ccc(C(=O)Nc3cccc(C(=O)N(C)C)c3)cc2)cc1. The molecule has 1 N–H and O–H groups in total. The third-order valence-corrected chi connectivity index (χ3v) is 6.75. The second-order valence-electron chi connectivity index (χ2n) is 7.57. The first-order chi connectivity index (χ1) is 15.1. The number of amides is 2. The predicted octanol–water partition coefficient (Wildman–Crippen LogP) is 3.77. The van der Waals surface area contributed by atoms with Crippen LogP contribution in [0.25, 0.3) is 0 Å². The van der Waals surface area contributed by atoms with Crippen molar-refractivity contribution in [2.75, 3.05) is 30.8 Å². The predicted molar refractivity (Wildman–Crippen MR) is 126 cm³/mol. The zero-order chi connectivity index (χ0) is 23.5. The molecule has 0 aliphatic rings. The lowest BCUT2D eigenvalue weighted by Crippen LogP contribution is -2.26. The van der Waals surface area contributed by atoms with Crippen LogP contribution in [0.3, 0.4) is 0 Å². The third kappa shape index (κ3) is 4.97. The minimum Gasteiger partial charge on any atom is -0.345 e. The van der Waals surface area contributed by atoms with Crippen molar-refractivity contribution in [3.05, 3.63) is 89.5 Å². The summed E-state index contributed by atoms with van der Waals surface area (Å²) in [5.74, 6) is -0.529. The first-order valence-electron chi connectivity index (χ1n) is 9.88. The zero-order valence-electron chi connectivity index (χ0n) is 18.4. The van der Waals surface area contributed by atoms with E-state index in [1.807, 2.05) is 6.92 Å². The largest absolute Gasteiger partial charge is 0.345 e. The van der Waals surface area contributed by atoms with Crippen LogP contribution in [0.2, 0.25) is 0 Å². The molecule has 0 aromatic heterocycles. The van der Waals surface area contributed by atoms with Gasteiger partial charge in [0.2, 0.25) is 0 Å². The quantitative estimate of drug-likeness (QED) is 0.618. The standard InChI is InChI=1S/C24H25N3O4S/c1-17-8-14-22(15-9-17)32(30,31)27(4)21-12-10-18(11-13-21)23(28)25-20-7-5-6-19(16-20)24(29)26(2)3/h5-16H,1-4H3,(H,25,28). The molecular formula is C24H25N3O4S. The maximum atomic E-state index is 12.9. The summed E-state index contributed by atoms with van der Waals surface area (Å²) in [6.07, 6.45) is 0. The van der Waals surface area contributed by atoms with Gasteiger partial charge in [-0.25, -0.2) is 8.42 Å². The van der Waals surface area contributed by atoms with Crippen LogP contribution in [0.15, 0.2) is 77.7 Å². The molecule has 0 bridgehead atoms. The van der Waals surface area contributed by atoms with Gasteiger partial charge in [0.1, 0.15) is 0 Å². The second-order valence-corrected chi connectivity index (χ2v) is 9.54. The molecule has 0 aliphatic heterocycles. The second kappa shape index (κ2) is 9.23. The molecule has 32 heavy (non-hydrogen) atoms. The number of hydrogen-bond acceptors (Lipinski definition) is 4. The normalized spacial score (nSPS) is 11.0. The molecule has 2 amide bonds. The lowest BCUT2D eigenvalue weighted by atomic mass is 10.1. The van der Waals surface area contributed by atoms with Crippen LogP contribution in [0, 0.1) is 6.92 Å². The van der Waals surface area contributed by atoms with Crippen molar-refractivity contribution in [1.29, 1.82) is 0 Å². The number of aryl methyl sites for hydroxylation is 1. The van der Waals surface area contributed by atoms with E-state index in [-0.39, 0.29) is 16.7 Å². The monoisotopic (exact) mass is 451 g/mol. The summed E-state index contributed by atoms with van der Waals surface area (Å²) in [5.41, 5.74) is 2.72. The van der Waals surface area contributed by atoms with Crippen LogP contribution >= 0.6 is 0 Å². The fourth-order valence-corrected chi connectivity index (χ4v) is 4.22. The molecule has 3 aromatic carbocycles. The Bertz CT molecular complexity index is 1230. The van der Waals surface area contributed by atoms with Crippen molar-refractivity contribution in [2.24, 2.45) is 0 Å². The van der Waals surface area contributed by atoms with Gasteiger partial charge in [-0.2, -0.15) is 0 Å². The molecular weight excluding hydrogens is 426 g/mol. The van der Waals surface area contributed by atoms with Gasteiger partial charge in [-0.05, 0) is 61.5 Å². The molecule has 0 radical (unpaired) electrons. The number of hydrogen-bond donors (Lipinski definition) is 1. The van der Waals surface area contributed by atoms with Crippen LogP contribution in [-0.4, -0.2) is 46.3 Å². The summed E-state index contributed by atoms with van der Waals surface area (Å²) < 4.78 is 26.9. The Morgan fingerprint density at radius 2 is 1.44 bits per heavy atom. The van der Waals surface area contributed by atoms with E-state index in [4.69, 9.17) is 0 Å². The summed E-state index contributed by atoms with van der Waals surface area (Å²) >= 11 is 0. The van der Waals surface area contributed by atoms with E-state index in [0.717, 1.165) is 5.56 Å². The molecule has 0 atom stereocenters. The number of carbonyl (C=O) groups is 2. The third-order valence-electron chi connectivity index (χ3n) is 4.95. The highest BCUT2D eigenvalue weighted by Crippen LogP contribution is 2.23. The van der Waals surface area contributed by atoms with E-state index in [2.05, 4.69) is 5.32 Å². The smallest absolute Gasteiger partial charge is 0.264 e. The molecule has 166 valence electrons. The maximum Gasteiger partial charge on any atom is 0.264 e. The van der Waals surface area contributed by atoms with Crippen molar-refractivity contribution in [2.45, 2.75) is 11.8 Å². The Kier molecular flexibility index (Phi) is 6.64. The first kappa shape index (κ1) is 23.0. The minimum absolute atomic E-state index is 0.164. The summed E-state index contributed by atoms with van der Waals surface area (Å²) in [5, 5.41) is 2.76. The number of carbonyl (C=O) groups excluding carboxylic acids is 2. The Hall–Kier alpha value is -3.65. The van der Waals surface area contributed by atoms with Gasteiger partial charge in [0.05, 0.1) is 10.6 Å². The minimum atomic E-state index is -3.71. The van der Waals surface area contributed by atoms with Crippen LogP contribution in [0.4, 0.5) is 11.4 Å². The Balaban J connectivity index is 1.75. The van der Waals surface area contributed by atoms with Gasteiger partial charge in [-0.3, -0.25) is 13.9 Å². The lowest BCUT2D eigenvalue weighted by molar-refractivity contribution is 0.0827. The molecule has 0 aliphatic carbocycles. The Labute approximate surface area is 188 Å². The van der Waals surface area contributed by atoms with Crippen LogP contribution < -0.4 is 9.62 Å². The van der Waals surface area contributed by atoms with Gasteiger partial charge in [0.15, 0.2) is 0 Å². The van der Waals surface area contributed by atoms with Crippen molar-refractivity contribution < 1.29 is 18.0 Å². The molecule has 8 heteroatoms. The van der Waals surface area contributed by atoms with E-state index in [9.17, 15) is 18.0 Å². The van der Waals surface area contributed by atoms with Crippen molar-refractivity contribution >= 4 is 33.2 Å². The van der Waals surface area contributed by atoms with E-state index in [1.165, 1.54) is 16.3 Å². The summed E-state index contributed by atoms with van der Waals surface area (Å²) in [7, 11) is 1.07. The molecule has 0 saturated heterocycles. The fourth-order valence-electron chi connectivity index (χ4n) is 3.02. The molecule has 0 spiro atoms. The molecule has 0 fully saturated rings. The van der Waals surface area contributed by atoms with E-state index < -0.39 is 10.0 Å². The van der Waals surface area contributed by atoms with Crippen molar-refractivity contribution in [3.8, 4) is 0 Å². The fraction of sp³-hybridized carbons (Fsp3) is 0.167. The summed E-state index contributed by atoms with van der Waals surface area (Å²) in [4.78, 5) is 26.4. The Morgan fingerprint density at radius 3 is 2.03 bits per heavy atom. The van der Waals surface area contributed by atoms with Crippen molar-refractivity contribution in [1.82, 2.24) is 4.90 Å². The van der Waals surface area contributed by atoms with Crippen LogP contribution in [0.5, 0.6) is 0 Å². The molecule has 0 unspecified atom stereocenters. The van der Waals surface area contributed by atoms with Gasteiger partial charge in [-0.15, -0.1) is 0 Å². The Morgan fingerprint density at radius 1 is 0.812 bits per heavy atom. The van der Waals surface area contributed by atoms with Crippen molar-refractivity contribution in [3.63, 3.8) is 0 Å². The molecule has 3 rings (SSSR count). The maximum absolute atomic E-state index is 12.9. The van der Waals surface area contributed by atoms with Gasteiger partial charge in [0.25, 0.3) is 21.8 Å². The first-order valence-corrected chi connectivity index (χ1v) is 11.3. The van der Waals surface area contributed by atoms with Crippen LogP contribution in [-0.2, 0) is 10.0 Å². The average molecular weight is 452 g/mol. The summed E-state index contributed by atoms with van der Waals surface area (Å²) in [6.45, 7) is 1.89.